The topological polar surface area (TPSA) is 58.6 Å². The highest BCUT2D eigenvalue weighted by Gasteiger charge is 2.33. The molecule has 1 saturated heterocycles. The van der Waals surface area contributed by atoms with E-state index in [1.807, 2.05) is 32.0 Å². The Hall–Kier alpha value is -2.25. The highest BCUT2D eigenvalue weighted by atomic mass is 19.4. The van der Waals surface area contributed by atoms with Crippen molar-refractivity contribution in [2.45, 2.75) is 32.9 Å². The van der Waals surface area contributed by atoms with E-state index in [1.165, 1.54) is 4.90 Å². The molecule has 1 aromatic rings. The molecule has 0 aromatic heterocycles. The van der Waals surface area contributed by atoms with Crippen LogP contribution in [-0.4, -0.2) is 42.8 Å². The molecule has 0 aliphatic carbocycles. The molecule has 138 valence electrons. The maximum atomic E-state index is 12.4. The van der Waals surface area contributed by atoms with Gasteiger partial charge in [-0.25, -0.2) is 4.79 Å². The summed E-state index contributed by atoms with van der Waals surface area (Å²) in [6, 6.07) is 5.76. The van der Waals surface area contributed by atoms with Gasteiger partial charge in [0.1, 0.15) is 0 Å². The summed E-state index contributed by atoms with van der Waals surface area (Å²) in [5.74, 6) is -0.427. The molecule has 1 fully saturated rings. The second-order valence-electron chi connectivity index (χ2n) is 6.24. The Kier molecular flexibility index (Phi) is 5.92. The SMILES string of the molecule is Cc1ccc(C)c(NC(=O)C2CCN(C(=O)OCC(F)(F)F)CC2)c1. The number of likely N-dealkylation sites (tertiary alicyclic amines) is 1. The molecule has 0 spiro atoms. The van der Waals surface area contributed by atoms with Crippen molar-refractivity contribution in [1.82, 2.24) is 4.90 Å². The number of carbonyl (C=O) groups excluding carboxylic acids is 2. The zero-order chi connectivity index (χ0) is 18.6. The summed E-state index contributed by atoms with van der Waals surface area (Å²) in [5, 5.41) is 2.89. The van der Waals surface area contributed by atoms with E-state index < -0.39 is 18.9 Å². The summed E-state index contributed by atoms with van der Waals surface area (Å²) in [6.07, 6.45) is -4.76. The molecule has 25 heavy (non-hydrogen) atoms. The zero-order valence-corrected chi connectivity index (χ0v) is 14.2. The number of carbonyl (C=O) groups is 2. The third kappa shape index (κ3) is 5.65. The van der Waals surface area contributed by atoms with Gasteiger partial charge in [0.25, 0.3) is 0 Å². The van der Waals surface area contributed by atoms with Crippen LogP contribution in [0, 0.1) is 19.8 Å². The van der Waals surface area contributed by atoms with Crippen molar-refractivity contribution < 1.29 is 27.5 Å². The summed E-state index contributed by atoms with van der Waals surface area (Å²) in [6.45, 7) is 2.62. The van der Waals surface area contributed by atoms with Crippen molar-refractivity contribution >= 4 is 17.7 Å². The fraction of sp³-hybridized carbons (Fsp3) is 0.529. The minimum atomic E-state index is -4.54. The van der Waals surface area contributed by atoms with Crippen LogP contribution in [0.25, 0.3) is 0 Å². The minimum absolute atomic E-state index is 0.142. The van der Waals surface area contributed by atoms with Gasteiger partial charge in [-0.15, -0.1) is 0 Å². The van der Waals surface area contributed by atoms with Gasteiger partial charge in [-0.05, 0) is 43.9 Å². The number of halogens is 3. The van der Waals surface area contributed by atoms with Crippen molar-refractivity contribution in [3.63, 3.8) is 0 Å². The maximum Gasteiger partial charge on any atom is 0.422 e. The van der Waals surface area contributed by atoms with E-state index in [2.05, 4.69) is 10.1 Å². The number of nitrogens with one attached hydrogen (secondary N) is 1. The van der Waals surface area contributed by atoms with Gasteiger partial charge >= 0.3 is 12.3 Å². The summed E-state index contributed by atoms with van der Waals surface area (Å²) in [5.41, 5.74) is 2.73. The molecule has 2 amide bonds. The predicted octanol–water partition coefficient (Wildman–Crippen LogP) is 3.65. The van der Waals surface area contributed by atoms with E-state index in [4.69, 9.17) is 0 Å². The Labute approximate surface area is 144 Å². The number of anilines is 1. The van der Waals surface area contributed by atoms with Crippen molar-refractivity contribution in [1.29, 1.82) is 0 Å². The van der Waals surface area contributed by atoms with Gasteiger partial charge in [-0.3, -0.25) is 4.79 Å². The number of amides is 2. The second-order valence-corrected chi connectivity index (χ2v) is 6.24. The number of aryl methyl sites for hydroxylation is 2. The number of nitrogens with zero attached hydrogens (tertiary/aromatic N) is 1. The van der Waals surface area contributed by atoms with Gasteiger partial charge in [0, 0.05) is 24.7 Å². The van der Waals surface area contributed by atoms with Crippen LogP contribution in [0.3, 0.4) is 0 Å². The van der Waals surface area contributed by atoms with E-state index in [0.717, 1.165) is 16.8 Å². The molecular weight excluding hydrogens is 337 g/mol. The van der Waals surface area contributed by atoms with E-state index in [1.54, 1.807) is 0 Å². The van der Waals surface area contributed by atoms with Crippen molar-refractivity contribution in [2.24, 2.45) is 5.92 Å². The van der Waals surface area contributed by atoms with E-state index in [0.29, 0.717) is 12.8 Å². The van der Waals surface area contributed by atoms with Crippen molar-refractivity contribution in [3.8, 4) is 0 Å². The Morgan fingerprint density at radius 1 is 1.24 bits per heavy atom. The third-order valence-electron chi connectivity index (χ3n) is 4.13. The maximum absolute atomic E-state index is 12.4. The molecule has 1 heterocycles. The summed E-state index contributed by atoms with van der Waals surface area (Å²) < 4.78 is 40.4. The molecule has 0 unspecified atom stereocenters. The van der Waals surface area contributed by atoms with Crippen LogP contribution in [0.1, 0.15) is 24.0 Å². The molecule has 0 bridgehead atoms. The minimum Gasteiger partial charge on any atom is -0.440 e. The monoisotopic (exact) mass is 358 g/mol. The second kappa shape index (κ2) is 7.76. The molecule has 0 atom stereocenters. The molecule has 1 aliphatic heterocycles. The smallest absolute Gasteiger partial charge is 0.422 e. The molecule has 0 saturated carbocycles. The highest BCUT2D eigenvalue weighted by molar-refractivity contribution is 5.93. The average molecular weight is 358 g/mol. The van der Waals surface area contributed by atoms with Crippen molar-refractivity contribution in [3.05, 3.63) is 29.3 Å². The molecule has 1 aliphatic rings. The van der Waals surface area contributed by atoms with Crippen LogP contribution in [0.4, 0.5) is 23.7 Å². The number of alkyl halides is 3. The van der Waals surface area contributed by atoms with Crippen LogP contribution in [0.2, 0.25) is 0 Å². The van der Waals surface area contributed by atoms with Gasteiger partial charge in [0.15, 0.2) is 6.61 Å². The Morgan fingerprint density at radius 2 is 1.88 bits per heavy atom. The largest absolute Gasteiger partial charge is 0.440 e. The fourth-order valence-corrected chi connectivity index (χ4v) is 2.66. The molecular formula is C17H21F3N2O3. The Bertz CT molecular complexity index is 639. The Balaban J connectivity index is 1.84. The number of ether oxygens (including phenoxy) is 1. The van der Waals surface area contributed by atoms with E-state index in [9.17, 15) is 22.8 Å². The average Bonchev–Trinajstić information content (AvgIpc) is 2.55. The van der Waals surface area contributed by atoms with Gasteiger partial charge < -0.3 is 15.0 Å². The Morgan fingerprint density at radius 3 is 2.48 bits per heavy atom. The first-order chi connectivity index (χ1) is 11.7. The lowest BCUT2D eigenvalue weighted by Gasteiger charge is -2.30. The lowest BCUT2D eigenvalue weighted by molar-refractivity contribution is -0.162. The van der Waals surface area contributed by atoms with E-state index in [-0.39, 0.29) is 24.9 Å². The van der Waals surface area contributed by atoms with Gasteiger partial charge in [-0.2, -0.15) is 13.2 Å². The predicted molar refractivity (Wildman–Crippen MR) is 86.2 cm³/mol. The first-order valence-electron chi connectivity index (χ1n) is 8.02. The van der Waals surface area contributed by atoms with Crippen LogP contribution < -0.4 is 5.32 Å². The lowest BCUT2D eigenvalue weighted by Crippen LogP contribution is -2.42. The fourth-order valence-electron chi connectivity index (χ4n) is 2.66. The molecule has 2 rings (SSSR count). The van der Waals surface area contributed by atoms with Gasteiger partial charge in [-0.1, -0.05) is 12.1 Å². The molecule has 5 nitrogen and oxygen atoms in total. The number of hydrogen-bond donors (Lipinski definition) is 1. The number of piperidine rings is 1. The zero-order valence-electron chi connectivity index (χ0n) is 14.2. The highest BCUT2D eigenvalue weighted by Crippen LogP contribution is 2.23. The first-order valence-corrected chi connectivity index (χ1v) is 8.02. The normalized spacial score (nSPS) is 15.8. The van der Waals surface area contributed by atoms with Gasteiger partial charge in [0.2, 0.25) is 5.91 Å². The number of rotatable bonds is 3. The molecule has 0 radical (unpaired) electrons. The quantitative estimate of drug-likeness (QED) is 0.897. The van der Waals surface area contributed by atoms with E-state index >= 15 is 0 Å². The summed E-state index contributed by atoms with van der Waals surface area (Å²) >= 11 is 0. The van der Waals surface area contributed by atoms with Crippen LogP contribution in [-0.2, 0) is 9.53 Å². The standard InChI is InChI=1S/C17H21F3N2O3/c1-11-3-4-12(2)14(9-11)21-15(23)13-5-7-22(8-6-13)16(24)25-10-17(18,19)20/h3-4,9,13H,5-8,10H2,1-2H3,(H,21,23). The van der Waals surface area contributed by atoms with Crippen LogP contribution in [0.15, 0.2) is 18.2 Å². The third-order valence-corrected chi connectivity index (χ3v) is 4.13. The first kappa shape index (κ1) is 19.1. The molecule has 8 heteroatoms. The van der Waals surface area contributed by atoms with Crippen molar-refractivity contribution in [2.75, 3.05) is 25.0 Å². The molecule has 1 N–H and O–H groups in total. The van der Waals surface area contributed by atoms with Crippen LogP contribution in [0.5, 0.6) is 0 Å². The summed E-state index contributed by atoms with van der Waals surface area (Å²) in [7, 11) is 0. The molecule has 1 aromatic carbocycles. The lowest BCUT2D eigenvalue weighted by atomic mass is 9.96. The number of hydrogen-bond acceptors (Lipinski definition) is 3. The summed E-state index contributed by atoms with van der Waals surface area (Å²) in [4.78, 5) is 25.2. The number of benzene rings is 1. The van der Waals surface area contributed by atoms with Gasteiger partial charge in [0.05, 0.1) is 0 Å². The van der Waals surface area contributed by atoms with Crippen LogP contribution >= 0.6 is 0 Å².